The lowest BCUT2D eigenvalue weighted by Gasteiger charge is -2.38. The molecule has 1 saturated carbocycles. The van der Waals surface area contributed by atoms with Crippen molar-refractivity contribution in [2.45, 2.75) is 64.0 Å². The number of nitrogens with zero attached hydrogens (tertiary/aromatic N) is 4. The molecule has 3 aromatic rings. The summed E-state index contributed by atoms with van der Waals surface area (Å²) in [4.78, 5) is 12.1. The molecule has 5 rings (SSSR count). The zero-order chi connectivity index (χ0) is 19.6. The molecule has 6 nitrogen and oxygen atoms in total. The van der Waals surface area contributed by atoms with E-state index in [0.717, 1.165) is 45.7 Å². The van der Waals surface area contributed by atoms with E-state index in [0.29, 0.717) is 5.95 Å². The Balaban J connectivity index is 1.28. The molecule has 8 heteroatoms. The zero-order valence-electron chi connectivity index (χ0n) is 16.8. The lowest BCUT2D eigenvalue weighted by atomic mass is 9.90. The fourth-order valence-corrected chi connectivity index (χ4v) is 5.89. The second-order valence-corrected chi connectivity index (χ2v) is 9.81. The SMILES string of the molecule is Cc1cc(Nc2nc(OC3CCC(N4CCCCC4)CC3)c3sccc3n2)sn1. The van der Waals surface area contributed by atoms with Crippen LogP contribution in [0, 0.1) is 6.92 Å². The topological polar surface area (TPSA) is 63.2 Å². The molecular weight excluding hydrogens is 402 g/mol. The first kappa shape index (κ1) is 19.2. The molecule has 29 heavy (non-hydrogen) atoms. The Labute approximate surface area is 179 Å². The Morgan fingerprint density at radius 3 is 2.69 bits per heavy atom. The van der Waals surface area contributed by atoms with Crippen LogP contribution >= 0.6 is 22.9 Å². The number of hydrogen-bond donors (Lipinski definition) is 1. The average molecular weight is 430 g/mol. The van der Waals surface area contributed by atoms with Crippen LogP contribution in [0.3, 0.4) is 0 Å². The van der Waals surface area contributed by atoms with Crippen LogP contribution < -0.4 is 10.1 Å². The van der Waals surface area contributed by atoms with E-state index in [2.05, 4.69) is 25.0 Å². The fraction of sp³-hybridized carbons (Fsp3) is 0.571. The van der Waals surface area contributed by atoms with Gasteiger partial charge in [0.2, 0.25) is 11.8 Å². The summed E-state index contributed by atoms with van der Waals surface area (Å²) in [5.74, 6) is 1.30. The molecule has 1 N–H and O–H groups in total. The highest BCUT2D eigenvalue weighted by molar-refractivity contribution is 7.17. The van der Waals surface area contributed by atoms with Crippen molar-refractivity contribution in [3.05, 3.63) is 23.2 Å². The molecule has 154 valence electrons. The molecule has 2 aliphatic rings. The third-order valence-electron chi connectivity index (χ3n) is 5.96. The van der Waals surface area contributed by atoms with Crippen molar-refractivity contribution in [3.8, 4) is 5.88 Å². The normalized spacial score (nSPS) is 23.3. The standard InChI is InChI=1S/C21H27N5OS2/c1-14-13-18(29-25-14)23-21-22-17-9-12-28-19(17)20(24-21)27-16-7-5-15(6-8-16)26-10-3-2-4-11-26/h9,12-13,15-16H,2-8,10-11H2,1H3,(H,22,23,24). The minimum atomic E-state index is 0.245. The second kappa shape index (κ2) is 8.53. The number of aromatic nitrogens is 3. The molecule has 0 bridgehead atoms. The number of likely N-dealkylation sites (tertiary alicyclic amines) is 1. The number of aryl methyl sites for hydroxylation is 1. The third kappa shape index (κ3) is 4.39. The zero-order valence-corrected chi connectivity index (χ0v) is 18.4. The molecule has 3 aromatic heterocycles. The predicted octanol–water partition coefficient (Wildman–Crippen LogP) is 5.38. The molecule has 2 fully saturated rings. The van der Waals surface area contributed by atoms with Gasteiger partial charge in [-0.3, -0.25) is 0 Å². The molecule has 0 atom stereocenters. The van der Waals surface area contributed by atoms with E-state index in [-0.39, 0.29) is 6.10 Å². The summed E-state index contributed by atoms with van der Waals surface area (Å²) < 4.78 is 11.8. The van der Waals surface area contributed by atoms with Crippen LogP contribution in [0.5, 0.6) is 5.88 Å². The number of rotatable bonds is 5. The summed E-state index contributed by atoms with van der Waals surface area (Å²) in [6.07, 6.45) is 9.05. The first-order valence-electron chi connectivity index (χ1n) is 10.6. The van der Waals surface area contributed by atoms with Gasteiger partial charge in [-0.2, -0.15) is 9.36 Å². The first-order valence-corrected chi connectivity index (χ1v) is 12.3. The Hall–Kier alpha value is -1.77. The van der Waals surface area contributed by atoms with Crippen LogP contribution in [0.2, 0.25) is 0 Å². The van der Waals surface area contributed by atoms with Crippen molar-refractivity contribution in [2.24, 2.45) is 0 Å². The van der Waals surface area contributed by atoms with Crippen molar-refractivity contribution in [2.75, 3.05) is 18.4 Å². The van der Waals surface area contributed by atoms with E-state index in [1.807, 2.05) is 19.1 Å². The van der Waals surface area contributed by atoms with Gasteiger partial charge in [0.05, 0.1) is 11.2 Å². The maximum absolute atomic E-state index is 6.43. The molecule has 1 aliphatic heterocycles. The minimum Gasteiger partial charge on any atom is -0.473 e. The predicted molar refractivity (Wildman–Crippen MR) is 120 cm³/mol. The Morgan fingerprint density at radius 2 is 1.93 bits per heavy atom. The van der Waals surface area contributed by atoms with Crippen LogP contribution in [0.1, 0.15) is 50.6 Å². The van der Waals surface area contributed by atoms with Crippen molar-refractivity contribution in [3.63, 3.8) is 0 Å². The van der Waals surface area contributed by atoms with Gasteiger partial charge in [-0.05, 0) is 87.6 Å². The minimum absolute atomic E-state index is 0.245. The van der Waals surface area contributed by atoms with Gasteiger partial charge in [0.1, 0.15) is 15.8 Å². The molecule has 1 saturated heterocycles. The van der Waals surface area contributed by atoms with Crippen LogP contribution in [0.25, 0.3) is 10.2 Å². The number of piperidine rings is 1. The Morgan fingerprint density at radius 1 is 1.10 bits per heavy atom. The quantitative estimate of drug-likeness (QED) is 0.588. The smallest absolute Gasteiger partial charge is 0.236 e. The number of ether oxygens (including phenoxy) is 1. The van der Waals surface area contributed by atoms with Gasteiger partial charge in [-0.1, -0.05) is 6.42 Å². The number of nitrogens with one attached hydrogen (secondary N) is 1. The maximum Gasteiger partial charge on any atom is 0.236 e. The molecule has 0 amide bonds. The van der Waals surface area contributed by atoms with Gasteiger partial charge in [0.15, 0.2) is 0 Å². The summed E-state index contributed by atoms with van der Waals surface area (Å²) in [5, 5.41) is 6.29. The van der Waals surface area contributed by atoms with Crippen LogP contribution in [0.4, 0.5) is 10.9 Å². The number of hydrogen-bond acceptors (Lipinski definition) is 8. The van der Waals surface area contributed by atoms with Gasteiger partial charge < -0.3 is 15.0 Å². The van der Waals surface area contributed by atoms with Gasteiger partial charge in [-0.15, -0.1) is 11.3 Å². The Kier molecular flexibility index (Phi) is 5.65. The van der Waals surface area contributed by atoms with E-state index in [9.17, 15) is 0 Å². The average Bonchev–Trinajstić information content (AvgIpc) is 3.38. The van der Waals surface area contributed by atoms with Crippen LogP contribution in [0.15, 0.2) is 17.5 Å². The number of thiophene rings is 1. The summed E-state index contributed by atoms with van der Waals surface area (Å²) in [7, 11) is 0. The van der Waals surface area contributed by atoms with Crippen molar-refractivity contribution in [1.29, 1.82) is 0 Å². The Bertz CT molecular complexity index is 957. The lowest BCUT2D eigenvalue weighted by molar-refractivity contribution is 0.0758. The maximum atomic E-state index is 6.43. The highest BCUT2D eigenvalue weighted by Crippen LogP contribution is 2.34. The highest BCUT2D eigenvalue weighted by Gasteiger charge is 2.28. The summed E-state index contributed by atoms with van der Waals surface area (Å²) >= 11 is 3.07. The van der Waals surface area contributed by atoms with Gasteiger partial charge >= 0.3 is 0 Å². The van der Waals surface area contributed by atoms with Gasteiger partial charge in [0, 0.05) is 6.04 Å². The van der Waals surface area contributed by atoms with Crippen molar-refractivity contribution in [1.82, 2.24) is 19.2 Å². The fourth-order valence-electron chi connectivity index (χ4n) is 4.47. The lowest BCUT2D eigenvalue weighted by Crippen LogP contribution is -2.42. The molecule has 4 heterocycles. The molecule has 0 radical (unpaired) electrons. The largest absolute Gasteiger partial charge is 0.473 e. The van der Waals surface area contributed by atoms with Gasteiger partial charge in [0.25, 0.3) is 0 Å². The van der Waals surface area contributed by atoms with E-state index in [1.165, 1.54) is 56.7 Å². The molecule has 0 unspecified atom stereocenters. The summed E-state index contributed by atoms with van der Waals surface area (Å²) in [5.41, 5.74) is 1.93. The monoisotopic (exact) mass is 429 g/mol. The number of fused-ring (bicyclic) bond motifs is 1. The second-order valence-electron chi connectivity index (χ2n) is 8.09. The van der Waals surface area contributed by atoms with Crippen molar-refractivity contribution >= 4 is 44.0 Å². The van der Waals surface area contributed by atoms with Gasteiger partial charge in [-0.25, -0.2) is 4.98 Å². The highest BCUT2D eigenvalue weighted by atomic mass is 32.1. The summed E-state index contributed by atoms with van der Waals surface area (Å²) in [6, 6.07) is 4.79. The van der Waals surface area contributed by atoms with Crippen molar-refractivity contribution < 1.29 is 4.74 Å². The van der Waals surface area contributed by atoms with Crippen LogP contribution in [-0.2, 0) is 0 Å². The van der Waals surface area contributed by atoms with E-state index < -0.39 is 0 Å². The summed E-state index contributed by atoms with van der Waals surface area (Å²) in [6.45, 7) is 4.55. The number of anilines is 2. The van der Waals surface area contributed by atoms with E-state index in [4.69, 9.17) is 9.72 Å². The molecule has 0 spiro atoms. The van der Waals surface area contributed by atoms with E-state index in [1.54, 1.807) is 11.3 Å². The molecular formula is C21H27N5OS2. The molecule has 0 aromatic carbocycles. The first-order chi connectivity index (χ1) is 14.2. The molecule has 1 aliphatic carbocycles. The third-order valence-corrected chi connectivity index (χ3v) is 7.65. The van der Waals surface area contributed by atoms with E-state index >= 15 is 0 Å². The van der Waals surface area contributed by atoms with Crippen LogP contribution in [-0.4, -0.2) is 44.5 Å².